The van der Waals surface area contributed by atoms with Crippen LogP contribution in [0.5, 0.6) is 0 Å². The van der Waals surface area contributed by atoms with Crippen molar-refractivity contribution in [2.45, 2.75) is 59.0 Å². The van der Waals surface area contributed by atoms with Gasteiger partial charge in [-0.05, 0) is 57.3 Å². The smallest absolute Gasteiger partial charge is 0.139 e. The standard InChI is InChI=1S/C15H24O2/c1-10(2)12-5-7-14(4)8-6-13(17)15(14,9-12)11(3)16/h12-13,17H,1,5-9H2,2-4H3/t12-,13+,14-,15-/m1/s1. The van der Waals surface area contributed by atoms with Gasteiger partial charge in [0.25, 0.3) is 0 Å². The average molecular weight is 236 g/mol. The van der Waals surface area contributed by atoms with E-state index in [1.54, 1.807) is 6.92 Å². The Labute approximate surface area is 104 Å². The Morgan fingerprint density at radius 3 is 2.41 bits per heavy atom. The highest BCUT2D eigenvalue weighted by atomic mass is 16.3. The molecule has 2 rings (SSSR count). The molecular weight excluding hydrogens is 212 g/mol. The highest BCUT2D eigenvalue weighted by Crippen LogP contribution is 2.62. The van der Waals surface area contributed by atoms with Crippen molar-refractivity contribution in [1.82, 2.24) is 0 Å². The number of ketones is 1. The predicted octanol–water partition coefficient (Wildman–Crippen LogP) is 3.10. The van der Waals surface area contributed by atoms with E-state index < -0.39 is 11.5 Å². The summed E-state index contributed by atoms with van der Waals surface area (Å²) in [7, 11) is 0. The van der Waals surface area contributed by atoms with Crippen LogP contribution in [0, 0.1) is 16.7 Å². The molecule has 1 N–H and O–H groups in total. The molecule has 4 atom stereocenters. The number of Topliss-reactive ketones (excluding diaryl/α,β-unsaturated/α-hetero) is 1. The van der Waals surface area contributed by atoms with Crippen LogP contribution in [0.3, 0.4) is 0 Å². The molecule has 0 heterocycles. The maximum absolute atomic E-state index is 12.2. The van der Waals surface area contributed by atoms with Crippen LogP contribution in [-0.2, 0) is 4.79 Å². The molecular formula is C15H24O2. The number of carbonyl (C=O) groups excluding carboxylic acids is 1. The summed E-state index contributed by atoms with van der Waals surface area (Å²) in [6.45, 7) is 9.94. The first-order chi connectivity index (χ1) is 7.83. The van der Waals surface area contributed by atoms with Crippen molar-refractivity contribution >= 4 is 5.78 Å². The third kappa shape index (κ3) is 1.61. The van der Waals surface area contributed by atoms with Gasteiger partial charge in [0.15, 0.2) is 0 Å². The van der Waals surface area contributed by atoms with E-state index in [1.807, 2.05) is 6.92 Å². The van der Waals surface area contributed by atoms with Crippen LogP contribution < -0.4 is 0 Å². The third-order valence-electron chi connectivity index (χ3n) is 5.55. The molecule has 0 aliphatic heterocycles. The fraction of sp³-hybridized carbons (Fsp3) is 0.800. The Balaban J connectivity index is 2.41. The lowest BCUT2D eigenvalue weighted by molar-refractivity contribution is -0.146. The Bertz CT molecular complexity index is 360. The number of allylic oxidation sites excluding steroid dienone is 1. The summed E-state index contributed by atoms with van der Waals surface area (Å²) in [6.07, 6.45) is 4.27. The number of fused-ring (bicyclic) bond motifs is 1. The van der Waals surface area contributed by atoms with Crippen LogP contribution in [0.15, 0.2) is 12.2 Å². The lowest BCUT2D eigenvalue weighted by atomic mass is 9.53. The summed E-state index contributed by atoms with van der Waals surface area (Å²) in [5, 5.41) is 10.4. The summed E-state index contributed by atoms with van der Waals surface area (Å²) >= 11 is 0. The van der Waals surface area contributed by atoms with Crippen molar-refractivity contribution in [3.8, 4) is 0 Å². The lowest BCUT2D eigenvalue weighted by Gasteiger charge is -2.50. The highest BCUT2D eigenvalue weighted by molar-refractivity contribution is 5.84. The lowest BCUT2D eigenvalue weighted by Crippen LogP contribution is -2.51. The van der Waals surface area contributed by atoms with Crippen LogP contribution in [0.2, 0.25) is 0 Å². The maximum Gasteiger partial charge on any atom is 0.139 e. The first kappa shape index (κ1) is 12.8. The number of hydrogen-bond acceptors (Lipinski definition) is 2. The molecule has 2 nitrogen and oxygen atoms in total. The van der Waals surface area contributed by atoms with Crippen molar-refractivity contribution < 1.29 is 9.90 Å². The minimum atomic E-state index is -0.505. The molecule has 2 fully saturated rings. The Hall–Kier alpha value is -0.630. The van der Waals surface area contributed by atoms with Crippen LogP contribution >= 0.6 is 0 Å². The summed E-state index contributed by atoms with van der Waals surface area (Å²) in [5.74, 6) is 0.579. The second-order valence-electron chi connectivity index (χ2n) is 6.43. The van der Waals surface area contributed by atoms with Gasteiger partial charge in [-0.2, -0.15) is 0 Å². The molecule has 0 amide bonds. The van der Waals surface area contributed by atoms with E-state index in [4.69, 9.17) is 0 Å². The van der Waals surface area contributed by atoms with Crippen LogP contribution in [0.1, 0.15) is 52.9 Å². The molecule has 2 saturated carbocycles. The number of aliphatic hydroxyl groups excluding tert-OH is 1. The van der Waals surface area contributed by atoms with Crippen LogP contribution in [-0.4, -0.2) is 17.0 Å². The third-order valence-corrected chi connectivity index (χ3v) is 5.55. The van der Waals surface area contributed by atoms with E-state index in [0.29, 0.717) is 5.92 Å². The molecule has 0 radical (unpaired) electrons. The number of hydrogen-bond donors (Lipinski definition) is 1. The largest absolute Gasteiger partial charge is 0.392 e. The zero-order chi connectivity index (χ0) is 12.8. The van der Waals surface area contributed by atoms with Gasteiger partial charge in [-0.25, -0.2) is 0 Å². The minimum absolute atomic E-state index is 0.00417. The summed E-state index contributed by atoms with van der Waals surface area (Å²) < 4.78 is 0. The van der Waals surface area contributed by atoms with Gasteiger partial charge in [0.1, 0.15) is 5.78 Å². The quantitative estimate of drug-likeness (QED) is 0.748. The van der Waals surface area contributed by atoms with Crippen molar-refractivity contribution in [1.29, 1.82) is 0 Å². The van der Waals surface area contributed by atoms with Gasteiger partial charge in [-0.1, -0.05) is 19.1 Å². The Morgan fingerprint density at radius 1 is 1.29 bits per heavy atom. The zero-order valence-electron chi connectivity index (χ0n) is 11.3. The first-order valence-electron chi connectivity index (χ1n) is 6.68. The van der Waals surface area contributed by atoms with Gasteiger partial charge in [-0.3, -0.25) is 4.79 Å². The van der Waals surface area contributed by atoms with Gasteiger partial charge in [0, 0.05) is 0 Å². The molecule has 0 aromatic rings. The summed E-state index contributed by atoms with van der Waals surface area (Å²) in [4.78, 5) is 12.2. The number of aliphatic hydroxyl groups is 1. The predicted molar refractivity (Wildman–Crippen MR) is 68.6 cm³/mol. The first-order valence-corrected chi connectivity index (χ1v) is 6.68. The fourth-order valence-electron chi connectivity index (χ4n) is 4.26. The van der Waals surface area contributed by atoms with Gasteiger partial charge in [0.05, 0.1) is 11.5 Å². The fourth-order valence-corrected chi connectivity index (χ4v) is 4.26. The number of carbonyl (C=O) groups is 1. The van der Waals surface area contributed by atoms with Crippen LogP contribution in [0.4, 0.5) is 0 Å². The molecule has 0 spiro atoms. The minimum Gasteiger partial charge on any atom is -0.392 e. The summed E-state index contributed by atoms with van der Waals surface area (Å²) in [6, 6.07) is 0. The molecule has 0 bridgehead atoms. The van der Waals surface area contributed by atoms with Crippen molar-refractivity contribution in [2.75, 3.05) is 0 Å². The van der Waals surface area contributed by atoms with E-state index in [0.717, 1.165) is 37.7 Å². The molecule has 2 aliphatic rings. The number of rotatable bonds is 2. The zero-order valence-corrected chi connectivity index (χ0v) is 11.3. The van der Waals surface area contributed by atoms with E-state index in [9.17, 15) is 9.90 Å². The van der Waals surface area contributed by atoms with E-state index in [2.05, 4.69) is 13.5 Å². The van der Waals surface area contributed by atoms with Crippen LogP contribution in [0.25, 0.3) is 0 Å². The molecule has 2 heteroatoms. The normalized spacial score (nSPS) is 45.4. The molecule has 2 aliphatic carbocycles. The SMILES string of the molecule is C=C(C)[C@@H]1CC[C@]2(C)CC[C@H](O)[C@]2(C(C)=O)C1. The topological polar surface area (TPSA) is 37.3 Å². The van der Waals surface area contributed by atoms with E-state index >= 15 is 0 Å². The molecule has 0 saturated heterocycles. The maximum atomic E-state index is 12.2. The van der Waals surface area contributed by atoms with Gasteiger partial charge in [-0.15, -0.1) is 0 Å². The monoisotopic (exact) mass is 236 g/mol. The molecule has 96 valence electrons. The molecule has 0 aromatic heterocycles. The van der Waals surface area contributed by atoms with Gasteiger partial charge < -0.3 is 5.11 Å². The van der Waals surface area contributed by atoms with E-state index in [-0.39, 0.29) is 11.2 Å². The van der Waals surface area contributed by atoms with Gasteiger partial charge >= 0.3 is 0 Å². The average Bonchev–Trinajstić information content (AvgIpc) is 2.52. The Kier molecular flexibility index (Phi) is 2.97. The Morgan fingerprint density at radius 2 is 1.88 bits per heavy atom. The molecule has 0 aromatic carbocycles. The summed E-state index contributed by atoms with van der Waals surface area (Å²) in [5.41, 5.74) is 0.658. The second-order valence-corrected chi connectivity index (χ2v) is 6.43. The van der Waals surface area contributed by atoms with Crippen molar-refractivity contribution in [3.63, 3.8) is 0 Å². The van der Waals surface area contributed by atoms with Gasteiger partial charge in [0.2, 0.25) is 0 Å². The molecule has 0 unspecified atom stereocenters. The van der Waals surface area contributed by atoms with Crippen molar-refractivity contribution in [2.24, 2.45) is 16.7 Å². The molecule has 17 heavy (non-hydrogen) atoms. The van der Waals surface area contributed by atoms with Crippen molar-refractivity contribution in [3.05, 3.63) is 12.2 Å². The second kappa shape index (κ2) is 3.94. The highest BCUT2D eigenvalue weighted by Gasteiger charge is 2.62. The van der Waals surface area contributed by atoms with E-state index in [1.165, 1.54) is 0 Å².